The van der Waals surface area contributed by atoms with Gasteiger partial charge in [0.1, 0.15) is 0 Å². The molecule has 0 unspecified atom stereocenters. The minimum Gasteiger partial charge on any atom is -0.487 e. The van der Waals surface area contributed by atoms with Gasteiger partial charge in [-0.1, -0.05) is 12.1 Å². The van der Waals surface area contributed by atoms with Gasteiger partial charge in [0.05, 0.1) is 22.1 Å². The predicted molar refractivity (Wildman–Crippen MR) is 111 cm³/mol. The number of amides is 1. The van der Waals surface area contributed by atoms with Crippen molar-refractivity contribution in [1.29, 1.82) is 0 Å². The molecule has 1 aliphatic heterocycles. The highest BCUT2D eigenvalue weighted by atomic mass is 32.2. The fourth-order valence-electron chi connectivity index (χ4n) is 2.59. The maximum atomic E-state index is 12.2. The molecule has 0 saturated carbocycles. The molecule has 8 heteroatoms. The van der Waals surface area contributed by atoms with E-state index in [1.54, 1.807) is 19.1 Å². The monoisotopic (exact) mass is 397 g/mol. The van der Waals surface area contributed by atoms with Gasteiger partial charge in [0.2, 0.25) is 0 Å². The Hall–Kier alpha value is -3.13. The van der Waals surface area contributed by atoms with E-state index in [0.717, 1.165) is 11.3 Å². The summed E-state index contributed by atoms with van der Waals surface area (Å²) in [5, 5.41) is 14.5. The Morgan fingerprint density at radius 2 is 2.00 bits per heavy atom. The summed E-state index contributed by atoms with van der Waals surface area (Å²) in [4.78, 5) is 27.9. The Balaban J connectivity index is 1.86. The highest BCUT2D eigenvalue weighted by Crippen LogP contribution is 2.32. The molecule has 0 aromatic heterocycles. The van der Waals surface area contributed by atoms with Gasteiger partial charge in [-0.3, -0.25) is 14.9 Å². The van der Waals surface area contributed by atoms with Crippen molar-refractivity contribution in [3.63, 3.8) is 0 Å². The maximum absolute atomic E-state index is 12.2. The van der Waals surface area contributed by atoms with Crippen LogP contribution in [0.4, 0.5) is 11.4 Å². The molecule has 144 valence electrons. The summed E-state index contributed by atoms with van der Waals surface area (Å²) in [6, 6.07) is 10.4. The zero-order chi connectivity index (χ0) is 20.3. The van der Waals surface area contributed by atoms with Gasteiger partial charge >= 0.3 is 5.69 Å². The van der Waals surface area contributed by atoms with Crippen molar-refractivity contribution in [2.45, 2.75) is 20.8 Å². The molecule has 0 aliphatic carbocycles. The molecular weight excluding hydrogens is 378 g/mol. The summed E-state index contributed by atoms with van der Waals surface area (Å²) in [5.41, 5.74) is 3.45. The van der Waals surface area contributed by atoms with Gasteiger partial charge < -0.3 is 10.1 Å². The van der Waals surface area contributed by atoms with Crippen LogP contribution in [-0.2, 0) is 4.79 Å². The number of benzene rings is 2. The second-order valence-electron chi connectivity index (χ2n) is 6.17. The molecule has 0 atom stereocenters. The standard InChI is InChI=1S/C20H19N3O4S/c1-4-27-17-8-6-14(10-16(17)23(25)26)11-18-19(24)22-20(28-18)21-15-7-5-12(2)13(3)9-15/h5-11H,4H2,1-3H3,(H,21,22,24). The van der Waals surface area contributed by atoms with Gasteiger partial charge in [-0.2, -0.15) is 0 Å². The molecule has 28 heavy (non-hydrogen) atoms. The Morgan fingerprint density at radius 1 is 1.21 bits per heavy atom. The molecule has 3 rings (SSSR count). The number of thioether (sulfide) groups is 1. The van der Waals surface area contributed by atoms with Gasteiger partial charge in [0.25, 0.3) is 5.91 Å². The maximum Gasteiger partial charge on any atom is 0.311 e. The van der Waals surface area contributed by atoms with Crippen molar-refractivity contribution in [1.82, 2.24) is 5.32 Å². The largest absolute Gasteiger partial charge is 0.487 e. The number of nitrogens with zero attached hydrogens (tertiary/aromatic N) is 2. The number of aryl methyl sites for hydroxylation is 2. The Kier molecular flexibility index (Phi) is 5.79. The van der Waals surface area contributed by atoms with Crippen LogP contribution < -0.4 is 10.1 Å². The van der Waals surface area contributed by atoms with E-state index in [2.05, 4.69) is 10.3 Å². The van der Waals surface area contributed by atoms with Crippen molar-refractivity contribution < 1.29 is 14.5 Å². The second-order valence-corrected chi connectivity index (χ2v) is 7.20. The van der Waals surface area contributed by atoms with Gasteiger partial charge in [0, 0.05) is 6.07 Å². The minimum absolute atomic E-state index is 0.136. The summed E-state index contributed by atoms with van der Waals surface area (Å²) >= 11 is 1.20. The van der Waals surface area contributed by atoms with E-state index in [4.69, 9.17) is 4.74 Å². The average molecular weight is 397 g/mol. The Bertz CT molecular complexity index is 1010. The summed E-state index contributed by atoms with van der Waals surface area (Å²) in [6.07, 6.45) is 1.60. The van der Waals surface area contributed by atoms with E-state index < -0.39 is 4.92 Å². The van der Waals surface area contributed by atoms with Crippen molar-refractivity contribution >= 4 is 40.3 Å². The predicted octanol–water partition coefficient (Wildman–Crippen LogP) is 4.50. The quantitative estimate of drug-likeness (QED) is 0.455. The number of rotatable bonds is 5. The first-order chi connectivity index (χ1) is 13.4. The fraction of sp³-hybridized carbons (Fsp3) is 0.200. The number of ether oxygens (including phenoxy) is 1. The third-order valence-electron chi connectivity index (χ3n) is 4.15. The number of carbonyl (C=O) groups is 1. The number of nitro benzene ring substituents is 1. The average Bonchev–Trinajstić information content (AvgIpc) is 2.98. The molecule has 1 N–H and O–H groups in total. The molecule has 1 aliphatic rings. The van der Waals surface area contributed by atoms with E-state index in [9.17, 15) is 14.9 Å². The fourth-order valence-corrected chi connectivity index (χ4v) is 3.43. The molecule has 0 spiro atoms. The van der Waals surface area contributed by atoms with Crippen molar-refractivity contribution in [3.05, 3.63) is 68.1 Å². The lowest BCUT2D eigenvalue weighted by Gasteiger charge is -2.04. The molecule has 1 amide bonds. The SMILES string of the molecule is CCOc1ccc(C=C2SC(=Nc3ccc(C)c(C)c3)NC2=O)cc1[N+](=O)[O-]. The Labute approximate surface area is 166 Å². The first kappa shape index (κ1) is 19.6. The van der Waals surface area contributed by atoms with Crippen molar-refractivity contribution in [3.8, 4) is 5.75 Å². The van der Waals surface area contributed by atoms with Crippen LogP contribution in [0.3, 0.4) is 0 Å². The van der Waals surface area contributed by atoms with Crippen molar-refractivity contribution in [2.75, 3.05) is 6.61 Å². The molecule has 2 aromatic carbocycles. The van der Waals surface area contributed by atoms with Crippen LogP contribution in [0.25, 0.3) is 6.08 Å². The van der Waals surface area contributed by atoms with E-state index in [1.165, 1.54) is 29.5 Å². The first-order valence-corrected chi connectivity index (χ1v) is 9.47. The lowest BCUT2D eigenvalue weighted by atomic mass is 10.1. The van der Waals surface area contributed by atoms with Gasteiger partial charge in [-0.15, -0.1) is 0 Å². The zero-order valence-electron chi connectivity index (χ0n) is 15.7. The number of aliphatic imine (C=N–C) groups is 1. The summed E-state index contributed by atoms with van der Waals surface area (Å²) in [5.74, 6) is -0.0840. The first-order valence-electron chi connectivity index (χ1n) is 8.65. The van der Waals surface area contributed by atoms with Crippen LogP contribution in [0.2, 0.25) is 0 Å². The number of hydrogen-bond donors (Lipinski definition) is 1. The third-order valence-corrected chi connectivity index (χ3v) is 5.06. The molecule has 1 heterocycles. The molecule has 2 aromatic rings. The molecule has 1 saturated heterocycles. The van der Waals surface area contributed by atoms with Crippen LogP contribution in [0.1, 0.15) is 23.6 Å². The number of nitro groups is 1. The summed E-state index contributed by atoms with van der Waals surface area (Å²) in [7, 11) is 0. The van der Waals surface area contributed by atoms with Crippen LogP contribution >= 0.6 is 11.8 Å². The van der Waals surface area contributed by atoms with Crippen LogP contribution in [0.15, 0.2) is 46.3 Å². The molecular formula is C20H19N3O4S. The third kappa shape index (κ3) is 4.40. The highest BCUT2D eigenvalue weighted by molar-refractivity contribution is 8.18. The summed E-state index contributed by atoms with van der Waals surface area (Å²) < 4.78 is 5.28. The lowest BCUT2D eigenvalue weighted by Crippen LogP contribution is -2.19. The van der Waals surface area contributed by atoms with Gasteiger partial charge in [-0.05, 0) is 73.5 Å². The number of amidine groups is 1. The molecule has 1 fully saturated rings. The van der Waals surface area contributed by atoms with Crippen molar-refractivity contribution in [2.24, 2.45) is 4.99 Å². The van der Waals surface area contributed by atoms with E-state index in [0.29, 0.717) is 22.2 Å². The Morgan fingerprint density at radius 3 is 2.68 bits per heavy atom. The molecule has 0 radical (unpaired) electrons. The topological polar surface area (TPSA) is 93.8 Å². The smallest absolute Gasteiger partial charge is 0.311 e. The highest BCUT2D eigenvalue weighted by Gasteiger charge is 2.24. The van der Waals surface area contributed by atoms with Crippen LogP contribution in [0, 0.1) is 24.0 Å². The van der Waals surface area contributed by atoms with E-state index >= 15 is 0 Å². The normalized spacial score (nSPS) is 16.5. The van der Waals surface area contributed by atoms with Gasteiger partial charge in [0.15, 0.2) is 10.9 Å². The minimum atomic E-state index is -0.499. The van der Waals surface area contributed by atoms with E-state index in [1.807, 2.05) is 32.0 Å². The molecule has 7 nitrogen and oxygen atoms in total. The van der Waals surface area contributed by atoms with Crippen LogP contribution in [-0.4, -0.2) is 22.6 Å². The lowest BCUT2D eigenvalue weighted by molar-refractivity contribution is -0.385. The number of nitrogens with one attached hydrogen (secondary N) is 1. The zero-order valence-corrected chi connectivity index (χ0v) is 16.5. The van der Waals surface area contributed by atoms with Gasteiger partial charge in [-0.25, -0.2) is 4.99 Å². The molecule has 0 bridgehead atoms. The number of carbonyl (C=O) groups excluding carboxylic acids is 1. The summed E-state index contributed by atoms with van der Waals surface area (Å²) in [6.45, 7) is 6.12. The van der Waals surface area contributed by atoms with E-state index in [-0.39, 0.29) is 17.3 Å². The number of hydrogen-bond acceptors (Lipinski definition) is 6. The van der Waals surface area contributed by atoms with Crippen LogP contribution in [0.5, 0.6) is 5.75 Å². The second kappa shape index (κ2) is 8.26.